The Hall–Kier alpha value is -4.32. The number of sulfonamides is 1. The summed E-state index contributed by atoms with van der Waals surface area (Å²) in [7, 11) is -3.78. The van der Waals surface area contributed by atoms with Crippen LogP contribution in [0.25, 0.3) is 5.65 Å². The number of rotatable bonds is 7. The average Bonchev–Trinajstić information content (AvgIpc) is 3.36. The number of hydrogen-bond donors (Lipinski definition) is 2. The third-order valence-electron chi connectivity index (χ3n) is 6.52. The zero-order chi connectivity index (χ0) is 26.7. The number of carbonyl (C=O) groups is 2. The predicted molar refractivity (Wildman–Crippen MR) is 141 cm³/mol. The Morgan fingerprint density at radius 3 is 2.45 bits per heavy atom. The first kappa shape index (κ1) is 25.3. The molecule has 1 saturated heterocycles. The maximum atomic E-state index is 13.7. The smallest absolute Gasteiger partial charge is 0.270 e. The highest BCUT2D eigenvalue weighted by atomic mass is 32.2. The van der Waals surface area contributed by atoms with Gasteiger partial charge in [-0.05, 0) is 36.0 Å². The van der Waals surface area contributed by atoms with Crippen LogP contribution in [-0.4, -0.2) is 64.1 Å². The number of anilines is 1. The quantitative estimate of drug-likeness (QED) is 0.369. The van der Waals surface area contributed by atoms with Crippen molar-refractivity contribution < 1.29 is 18.0 Å². The topological polar surface area (TPSA) is 139 Å². The number of carbonyl (C=O) groups excluding carboxylic acids is 2. The molecule has 2 amide bonds. The van der Waals surface area contributed by atoms with E-state index in [4.69, 9.17) is 0 Å². The standard InChI is InChI=1S/C26H27N7O4S/c1-38(36,37)31-25(34)21-17-30-33-23(21)29-16-22(24(33)28-15-18-6-5-11-27-14-18)26(35)32-12-9-20(10-13-32)19-7-3-2-4-8-19/h2-8,11,14,16-17,20,28H,9-10,12-13,15H2,1H3,(H,31,34). The minimum Gasteiger partial charge on any atom is -0.365 e. The average molecular weight is 534 g/mol. The second-order valence-corrected chi connectivity index (χ2v) is 11.0. The lowest BCUT2D eigenvalue weighted by molar-refractivity contribution is 0.0712. The lowest BCUT2D eigenvalue weighted by Crippen LogP contribution is -2.38. The van der Waals surface area contributed by atoms with Gasteiger partial charge in [0.2, 0.25) is 10.0 Å². The van der Waals surface area contributed by atoms with Gasteiger partial charge in [0.05, 0.1) is 12.5 Å². The van der Waals surface area contributed by atoms with Gasteiger partial charge in [0.15, 0.2) is 5.65 Å². The number of hydrogen-bond acceptors (Lipinski definition) is 8. The van der Waals surface area contributed by atoms with Crippen LogP contribution < -0.4 is 10.0 Å². The summed E-state index contributed by atoms with van der Waals surface area (Å²) in [5.74, 6) is -0.300. The molecule has 0 radical (unpaired) electrons. The van der Waals surface area contributed by atoms with Gasteiger partial charge in [0.1, 0.15) is 16.9 Å². The summed E-state index contributed by atoms with van der Waals surface area (Å²) in [6, 6.07) is 14.0. The van der Waals surface area contributed by atoms with E-state index in [1.165, 1.54) is 22.5 Å². The van der Waals surface area contributed by atoms with Crippen molar-refractivity contribution in [2.45, 2.75) is 25.3 Å². The summed E-state index contributed by atoms with van der Waals surface area (Å²) in [5.41, 5.74) is 2.55. The van der Waals surface area contributed by atoms with Crippen LogP contribution in [0, 0.1) is 0 Å². The lowest BCUT2D eigenvalue weighted by Gasteiger charge is -2.32. The van der Waals surface area contributed by atoms with Gasteiger partial charge in [-0.3, -0.25) is 14.6 Å². The number of benzene rings is 1. The van der Waals surface area contributed by atoms with Crippen LogP contribution in [0.3, 0.4) is 0 Å². The molecule has 0 saturated carbocycles. The molecule has 0 atom stereocenters. The fourth-order valence-electron chi connectivity index (χ4n) is 4.64. The maximum absolute atomic E-state index is 13.7. The van der Waals surface area contributed by atoms with Gasteiger partial charge in [-0.15, -0.1) is 0 Å². The third-order valence-corrected chi connectivity index (χ3v) is 7.07. The van der Waals surface area contributed by atoms with Crippen molar-refractivity contribution in [3.63, 3.8) is 0 Å². The summed E-state index contributed by atoms with van der Waals surface area (Å²) in [6.07, 6.45) is 8.60. The van der Waals surface area contributed by atoms with Crippen LogP contribution in [0.15, 0.2) is 67.3 Å². The van der Waals surface area contributed by atoms with E-state index in [1.54, 1.807) is 17.3 Å². The van der Waals surface area contributed by atoms with Gasteiger partial charge < -0.3 is 10.2 Å². The van der Waals surface area contributed by atoms with Crippen molar-refractivity contribution in [3.8, 4) is 0 Å². The largest absolute Gasteiger partial charge is 0.365 e. The van der Waals surface area contributed by atoms with Crippen LogP contribution in [0.1, 0.15) is 50.6 Å². The summed E-state index contributed by atoms with van der Waals surface area (Å²) in [6.45, 7) is 1.53. The SMILES string of the molecule is CS(=O)(=O)NC(=O)c1cnn2c(NCc3cccnc3)c(C(=O)N3CCC(c4ccccc4)CC3)cnc12. The molecule has 38 heavy (non-hydrogen) atoms. The fourth-order valence-corrected chi connectivity index (χ4v) is 5.09. The zero-order valence-electron chi connectivity index (χ0n) is 20.7. The molecule has 2 N–H and O–H groups in total. The van der Waals surface area contributed by atoms with E-state index >= 15 is 0 Å². The Labute approximate surface area is 220 Å². The van der Waals surface area contributed by atoms with Gasteiger partial charge >= 0.3 is 0 Å². The van der Waals surface area contributed by atoms with Crippen LogP contribution >= 0.6 is 0 Å². The number of nitrogens with zero attached hydrogens (tertiary/aromatic N) is 5. The van der Waals surface area contributed by atoms with Crippen LogP contribution in [-0.2, 0) is 16.6 Å². The molecule has 1 aliphatic heterocycles. The molecule has 1 aromatic carbocycles. The molecule has 5 rings (SSSR count). The third kappa shape index (κ3) is 5.49. The molecule has 0 bridgehead atoms. The number of aromatic nitrogens is 4. The van der Waals surface area contributed by atoms with E-state index < -0.39 is 15.9 Å². The first-order valence-electron chi connectivity index (χ1n) is 12.2. The molecule has 4 heterocycles. The Kier molecular flexibility index (Phi) is 7.05. The van der Waals surface area contributed by atoms with Gasteiger partial charge in [-0.2, -0.15) is 9.61 Å². The molecule has 1 aliphatic rings. The van der Waals surface area contributed by atoms with E-state index in [2.05, 4.69) is 32.5 Å². The normalized spacial score (nSPS) is 14.4. The number of fused-ring (bicyclic) bond motifs is 1. The minimum absolute atomic E-state index is 0.0254. The Bertz CT molecular complexity index is 1570. The first-order valence-corrected chi connectivity index (χ1v) is 14.0. The number of nitrogens with one attached hydrogen (secondary N) is 2. The maximum Gasteiger partial charge on any atom is 0.270 e. The molecule has 196 valence electrons. The molecule has 11 nitrogen and oxygen atoms in total. The number of pyridine rings is 1. The molecule has 0 unspecified atom stereocenters. The van der Waals surface area contributed by atoms with Crippen LogP contribution in [0.2, 0.25) is 0 Å². The second kappa shape index (κ2) is 10.6. The van der Waals surface area contributed by atoms with Crippen molar-refractivity contribution >= 4 is 33.3 Å². The van der Waals surface area contributed by atoms with Crippen molar-refractivity contribution in [1.29, 1.82) is 0 Å². The van der Waals surface area contributed by atoms with Crippen LogP contribution in [0.5, 0.6) is 0 Å². The van der Waals surface area contributed by atoms with E-state index in [0.29, 0.717) is 36.9 Å². The van der Waals surface area contributed by atoms with Gasteiger partial charge in [0.25, 0.3) is 11.8 Å². The van der Waals surface area contributed by atoms with Gasteiger partial charge in [-0.25, -0.2) is 18.1 Å². The highest BCUT2D eigenvalue weighted by Gasteiger charge is 2.28. The zero-order valence-corrected chi connectivity index (χ0v) is 21.6. The Morgan fingerprint density at radius 1 is 1.00 bits per heavy atom. The number of amides is 2. The lowest BCUT2D eigenvalue weighted by atomic mass is 9.89. The summed E-state index contributed by atoms with van der Waals surface area (Å²) in [5, 5.41) is 7.52. The highest BCUT2D eigenvalue weighted by molar-refractivity contribution is 7.89. The van der Waals surface area contributed by atoms with E-state index in [9.17, 15) is 18.0 Å². The van der Waals surface area contributed by atoms with E-state index in [-0.39, 0.29) is 17.1 Å². The summed E-state index contributed by atoms with van der Waals surface area (Å²) >= 11 is 0. The van der Waals surface area contributed by atoms with Crippen LogP contribution in [0.4, 0.5) is 5.82 Å². The van der Waals surface area contributed by atoms with Gasteiger partial charge in [-0.1, -0.05) is 36.4 Å². The molecule has 1 fully saturated rings. The van der Waals surface area contributed by atoms with Crippen molar-refractivity contribution in [3.05, 3.63) is 89.5 Å². The summed E-state index contributed by atoms with van der Waals surface area (Å²) in [4.78, 5) is 36.5. The van der Waals surface area contributed by atoms with Crippen molar-refractivity contribution in [2.75, 3.05) is 24.7 Å². The Morgan fingerprint density at radius 2 is 1.76 bits per heavy atom. The number of piperidine rings is 1. The second-order valence-electron chi connectivity index (χ2n) is 9.21. The Balaban J connectivity index is 1.44. The fraction of sp³-hybridized carbons (Fsp3) is 0.269. The van der Waals surface area contributed by atoms with Crippen molar-refractivity contribution in [1.82, 2.24) is 29.2 Å². The minimum atomic E-state index is -3.78. The molecular formula is C26H27N7O4S. The molecule has 12 heteroatoms. The van der Waals surface area contributed by atoms with E-state index in [0.717, 1.165) is 24.7 Å². The monoisotopic (exact) mass is 533 g/mol. The molecule has 4 aromatic rings. The summed E-state index contributed by atoms with van der Waals surface area (Å²) < 4.78 is 26.5. The molecule has 0 aliphatic carbocycles. The highest BCUT2D eigenvalue weighted by Crippen LogP contribution is 2.29. The molecule has 0 spiro atoms. The number of likely N-dealkylation sites (tertiary alicyclic amines) is 1. The molecular weight excluding hydrogens is 506 g/mol. The molecule has 3 aromatic heterocycles. The first-order chi connectivity index (χ1) is 18.3. The van der Waals surface area contributed by atoms with E-state index in [1.807, 2.05) is 35.1 Å². The van der Waals surface area contributed by atoms with Gasteiger partial charge in [0, 0.05) is 38.2 Å². The van der Waals surface area contributed by atoms with Crippen molar-refractivity contribution in [2.24, 2.45) is 0 Å². The predicted octanol–water partition coefficient (Wildman–Crippen LogP) is 2.45.